The first-order valence-corrected chi connectivity index (χ1v) is 12.0. The summed E-state index contributed by atoms with van der Waals surface area (Å²) in [7, 11) is 0. The van der Waals surface area contributed by atoms with Gasteiger partial charge in [-0.25, -0.2) is 4.39 Å². The van der Waals surface area contributed by atoms with E-state index >= 15 is 0 Å². The molecule has 37 heavy (non-hydrogen) atoms. The Hall–Kier alpha value is -4.37. The fourth-order valence-corrected chi connectivity index (χ4v) is 5.29. The first-order chi connectivity index (χ1) is 17.9. The quantitative estimate of drug-likeness (QED) is 0.313. The Morgan fingerprint density at radius 1 is 0.946 bits per heavy atom. The zero-order valence-corrected chi connectivity index (χ0v) is 20.2. The molecule has 0 aliphatic heterocycles. The third-order valence-corrected chi connectivity index (χ3v) is 6.75. The van der Waals surface area contributed by atoms with E-state index in [9.17, 15) is 14.0 Å². The standard InChI is InChI=1S/C28H26FN5O3/c1-17(30)14-28(27-34-33-26(37-27)18-4-6-21(29)7-5-18)24-10-8-22(31-15-35)12-19(24)2-3-20-13-23(32-16-36)9-11-25(20)28/h4-13,15-17H,2-3,14,30H2,1H3,(H,31,35)(H,32,36)/t17-/m1/s1. The smallest absolute Gasteiger partial charge is 0.247 e. The maximum atomic E-state index is 13.5. The van der Waals surface area contributed by atoms with E-state index in [0.29, 0.717) is 54.9 Å². The van der Waals surface area contributed by atoms with Crippen molar-refractivity contribution in [3.8, 4) is 11.5 Å². The zero-order valence-electron chi connectivity index (χ0n) is 20.2. The van der Waals surface area contributed by atoms with Crippen LogP contribution in [0.15, 0.2) is 65.1 Å². The third kappa shape index (κ3) is 4.49. The molecule has 0 spiro atoms. The van der Waals surface area contributed by atoms with Crippen LogP contribution in [0.2, 0.25) is 0 Å². The number of halogens is 1. The number of aromatic nitrogens is 2. The van der Waals surface area contributed by atoms with Crippen LogP contribution in [-0.2, 0) is 27.8 Å². The molecular weight excluding hydrogens is 473 g/mol. The molecule has 2 amide bonds. The van der Waals surface area contributed by atoms with Crippen LogP contribution >= 0.6 is 0 Å². The van der Waals surface area contributed by atoms with E-state index in [1.54, 1.807) is 12.1 Å². The molecule has 0 fully saturated rings. The minimum atomic E-state index is -0.903. The summed E-state index contributed by atoms with van der Waals surface area (Å²) in [6, 6.07) is 17.1. The molecule has 0 unspecified atom stereocenters. The normalized spacial score (nSPS) is 14.6. The van der Waals surface area contributed by atoms with Crippen molar-refractivity contribution in [2.24, 2.45) is 5.73 Å². The molecule has 1 aliphatic carbocycles. The van der Waals surface area contributed by atoms with E-state index in [-0.39, 0.29) is 17.7 Å². The highest BCUT2D eigenvalue weighted by atomic mass is 19.1. The molecule has 1 aromatic heterocycles. The monoisotopic (exact) mass is 499 g/mol. The number of carbonyl (C=O) groups is 2. The third-order valence-electron chi connectivity index (χ3n) is 6.75. The summed E-state index contributed by atoms with van der Waals surface area (Å²) in [4.78, 5) is 22.2. The average molecular weight is 500 g/mol. The van der Waals surface area contributed by atoms with Crippen molar-refractivity contribution in [2.75, 3.05) is 10.6 Å². The van der Waals surface area contributed by atoms with Gasteiger partial charge in [0.15, 0.2) is 0 Å². The number of aryl methyl sites for hydroxylation is 2. The minimum Gasteiger partial charge on any atom is -0.419 e. The molecule has 0 radical (unpaired) electrons. The Kier molecular flexibility index (Phi) is 6.54. The number of hydrogen-bond donors (Lipinski definition) is 3. The molecule has 5 rings (SSSR count). The molecule has 4 N–H and O–H groups in total. The number of rotatable bonds is 8. The van der Waals surface area contributed by atoms with Gasteiger partial charge in [-0.1, -0.05) is 12.1 Å². The Bertz CT molecular complexity index is 1390. The fourth-order valence-electron chi connectivity index (χ4n) is 5.29. The number of nitrogens with one attached hydrogen (secondary N) is 2. The molecule has 4 aromatic rings. The lowest BCUT2D eigenvalue weighted by molar-refractivity contribution is -0.106. The van der Waals surface area contributed by atoms with Gasteiger partial charge in [-0.2, -0.15) is 0 Å². The van der Waals surface area contributed by atoms with Crippen molar-refractivity contribution in [1.29, 1.82) is 0 Å². The Labute approximate surface area is 213 Å². The lowest BCUT2D eigenvalue weighted by atomic mass is 9.68. The van der Waals surface area contributed by atoms with Gasteiger partial charge in [0.2, 0.25) is 24.6 Å². The number of hydrogen-bond acceptors (Lipinski definition) is 6. The number of nitrogens with zero attached hydrogens (tertiary/aromatic N) is 2. The summed E-state index contributed by atoms with van der Waals surface area (Å²) in [6.45, 7) is 1.92. The van der Waals surface area contributed by atoms with Crippen molar-refractivity contribution < 1.29 is 18.4 Å². The molecule has 0 saturated carbocycles. The van der Waals surface area contributed by atoms with Gasteiger partial charge in [0.1, 0.15) is 11.2 Å². The van der Waals surface area contributed by atoms with Gasteiger partial charge >= 0.3 is 0 Å². The number of fused-ring (bicyclic) bond motifs is 2. The largest absolute Gasteiger partial charge is 0.419 e. The van der Waals surface area contributed by atoms with Crippen LogP contribution in [0.4, 0.5) is 15.8 Å². The molecule has 1 atom stereocenters. The van der Waals surface area contributed by atoms with Crippen LogP contribution in [0, 0.1) is 5.82 Å². The van der Waals surface area contributed by atoms with Crippen molar-refractivity contribution in [3.63, 3.8) is 0 Å². The summed E-state index contributed by atoms with van der Waals surface area (Å²) in [5.74, 6) is 0.272. The highest BCUT2D eigenvalue weighted by Crippen LogP contribution is 2.48. The second-order valence-corrected chi connectivity index (χ2v) is 9.27. The summed E-state index contributed by atoms with van der Waals surface area (Å²) < 4.78 is 19.9. The van der Waals surface area contributed by atoms with E-state index in [2.05, 4.69) is 20.8 Å². The Balaban J connectivity index is 1.77. The maximum absolute atomic E-state index is 13.5. The Morgan fingerprint density at radius 2 is 1.51 bits per heavy atom. The minimum absolute atomic E-state index is 0.250. The van der Waals surface area contributed by atoms with Crippen molar-refractivity contribution in [1.82, 2.24) is 10.2 Å². The summed E-state index contributed by atoms with van der Waals surface area (Å²) >= 11 is 0. The first kappa shape index (κ1) is 24.3. The SMILES string of the molecule is C[C@@H](N)CC1(c2nnc(-c3ccc(F)cc3)o2)c2ccc(NC=O)cc2CCc2cc(NC=O)ccc21. The van der Waals surface area contributed by atoms with Gasteiger partial charge in [-0.05, 0) is 97.0 Å². The summed E-state index contributed by atoms with van der Waals surface area (Å²) in [6.07, 6.45) is 3.11. The van der Waals surface area contributed by atoms with Crippen LogP contribution in [0.5, 0.6) is 0 Å². The molecule has 1 aliphatic rings. The number of carbonyl (C=O) groups excluding carboxylic acids is 2. The predicted molar refractivity (Wildman–Crippen MR) is 138 cm³/mol. The highest BCUT2D eigenvalue weighted by Gasteiger charge is 2.46. The van der Waals surface area contributed by atoms with Gasteiger partial charge in [0, 0.05) is 23.0 Å². The second kappa shape index (κ2) is 9.94. The van der Waals surface area contributed by atoms with E-state index in [0.717, 1.165) is 22.3 Å². The topological polar surface area (TPSA) is 123 Å². The molecule has 0 saturated heterocycles. The molecule has 0 bridgehead atoms. The van der Waals surface area contributed by atoms with Crippen LogP contribution < -0.4 is 16.4 Å². The predicted octanol–water partition coefficient (Wildman–Crippen LogP) is 4.18. The zero-order chi connectivity index (χ0) is 26.0. The molecule has 9 heteroatoms. The van der Waals surface area contributed by atoms with Crippen LogP contribution in [0.3, 0.4) is 0 Å². The van der Waals surface area contributed by atoms with Gasteiger partial charge < -0.3 is 20.8 Å². The van der Waals surface area contributed by atoms with E-state index < -0.39 is 5.41 Å². The number of amides is 2. The van der Waals surface area contributed by atoms with Gasteiger partial charge in [0.25, 0.3) is 0 Å². The van der Waals surface area contributed by atoms with E-state index in [1.807, 2.05) is 43.3 Å². The Morgan fingerprint density at radius 3 is 2.03 bits per heavy atom. The maximum Gasteiger partial charge on any atom is 0.247 e. The van der Waals surface area contributed by atoms with E-state index in [4.69, 9.17) is 10.2 Å². The lowest BCUT2D eigenvalue weighted by Gasteiger charge is -2.35. The number of anilines is 2. The number of benzene rings is 3. The second-order valence-electron chi connectivity index (χ2n) is 9.27. The average Bonchev–Trinajstić information content (AvgIpc) is 3.33. The molecule has 1 heterocycles. The van der Waals surface area contributed by atoms with Crippen molar-refractivity contribution >= 4 is 24.2 Å². The fraction of sp³-hybridized carbons (Fsp3) is 0.214. The van der Waals surface area contributed by atoms with Crippen LogP contribution in [0.25, 0.3) is 11.5 Å². The van der Waals surface area contributed by atoms with Crippen molar-refractivity contribution in [3.05, 3.63) is 94.6 Å². The molecular formula is C28H26FN5O3. The van der Waals surface area contributed by atoms with Crippen molar-refractivity contribution in [2.45, 2.75) is 37.6 Å². The number of nitrogens with two attached hydrogens (primary N) is 1. The summed E-state index contributed by atoms with van der Waals surface area (Å²) in [5.41, 5.74) is 11.4. The van der Waals surface area contributed by atoms with Gasteiger partial charge in [0.05, 0.1) is 0 Å². The van der Waals surface area contributed by atoms with Gasteiger partial charge in [-0.3, -0.25) is 9.59 Å². The molecule has 188 valence electrons. The molecule has 8 nitrogen and oxygen atoms in total. The van der Waals surface area contributed by atoms with E-state index in [1.165, 1.54) is 12.1 Å². The highest BCUT2D eigenvalue weighted by molar-refractivity contribution is 5.74. The van der Waals surface area contributed by atoms with Gasteiger partial charge in [-0.15, -0.1) is 10.2 Å². The molecule has 3 aromatic carbocycles. The van der Waals surface area contributed by atoms with Crippen LogP contribution in [0.1, 0.15) is 41.5 Å². The van der Waals surface area contributed by atoms with Crippen LogP contribution in [-0.4, -0.2) is 29.1 Å². The summed E-state index contributed by atoms with van der Waals surface area (Å²) in [5, 5.41) is 14.3. The first-order valence-electron chi connectivity index (χ1n) is 12.0. The lowest BCUT2D eigenvalue weighted by Crippen LogP contribution is -2.37.